The minimum atomic E-state index is -0.459. The summed E-state index contributed by atoms with van der Waals surface area (Å²) in [6.45, 7) is 2.46. The van der Waals surface area contributed by atoms with E-state index in [1.165, 1.54) is 25.6 Å². The fourth-order valence-electron chi connectivity index (χ4n) is 2.59. The summed E-state index contributed by atoms with van der Waals surface area (Å²) in [6.07, 6.45) is 2.17. The van der Waals surface area contributed by atoms with Gasteiger partial charge in [-0.2, -0.15) is 5.10 Å². The van der Waals surface area contributed by atoms with Crippen LogP contribution in [0.2, 0.25) is 0 Å². The van der Waals surface area contributed by atoms with Crippen LogP contribution in [0.15, 0.2) is 10.5 Å². The van der Waals surface area contributed by atoms with Crippen LogP contribution in [-0.2, 0) is 16.0 Å². The van der Waals surface area contributed by atoms with Crippen LogP contribution in [-0.4, -0.2) is 35.9 Å². The lowest BCUT2D eigenvalue weighted by Gasteiger charge is -2.06. The van der Waals surface area contributed by atoms with Gasteiger partial charge in [-0.3, -0.25) is 4.68 Å². The quantitative estimate of drug-likeness (QED) is 0.702. The van der Waals surface area contributed by atoms with Crippen molar-refractivity contribution in [2.75, 3.05) is 14.2 Å². The maximum Gasteiger partial charge on any atom is 0.359 e. The molecule has 0 N–H and O–H groups in total. The van der Waals surface area contributed by atoms with E-state index < -0.39 is 5.97 Å². The fraction of sp³-hybridized carbons (Fsp3) is 0.438. The maximum atomic E-state index is 11.9. The lowest BCUT2D eigenvalue weighted by molar-refractivity contribution is 0.0588. The molecule has 1 aliphatic carbocycles. The Morgan fingerprint density at radius 2 is 2.00 bits per heavy atom. The minimum absolute atomic E-state index is 0.292. The van der Waals surface area contributed by atoms with Crippen LogP contribution in [0.5, 0.6) is 0 Å². The minimum Gasteiger partial charge on any atom is -0.465 e. The average Bonchev–Trinajstić information content (AvgIpc) is 3.27. The summed E-state index contributed by atoms with van der Waals surface area (Å²) in [6, 6.07) is 1.83. The summed E-state index contributed by atoms with van der Waals surface area (Å²) in [5, 5.41) is 4.44. The molecule has 1 fully saturated rings. The third kappa shape index (κ3) is 3.12. The normalized spacial score (nSPS) is 13.8. The van der Waals surface area contributed by atoms with Crippen molar-refractivity contribution >= 4 is 39.2 Å². The van der Waals surface area contributed by atoms with E-state index in [0.717, 1.165) is 29.0 Å². The summed E-state index contributed by atoms with van der Waals surface area (Å²) in [5.74, 6) is -0.391. The van der Waals surface area contributed by atoms with Crippen molar-refractivity contribution < 1.29 is 19.1 Å². The molecule has 3 rings (SSSR count). The number of aromatic nitrogens is 2. The van der Waals surface area contributed by atoms with E-state index in [9.17, 15) is 9.59 Å². The number of esters is 2. The van der Waals surface area contributed by atoms with E-state index in [4.69, 9.17) is 9.47 Å². The van der Waals surface area contributed by atoms with E-state index >= 15 is 0 Å². The molecule has 0 bridgehead atoms. The van der Waals surface area contributed by atoms with Crippen molar-refractivity contribution in [3.05, 3.63) is 37.2 Å². The Morgan fingerprint density at radius 3 is 2.58 bits per heavy atom. The Labute approximate surface area is 151 Å². The molecule has 0 radical (unpaired) electrons. The van der Waals surface area contributed by atoms with Crippen LogP contribution in [0.1, 0.15) is 55.1 Å². The zero-order chi connectivity index (χ0) is 17.4. The van der Waals surface area contributed by atoms with Gasteiger partial charge in [0.25, 0.3) is 0 Å². The Bertz CT molecular complexity index is 807. The van der Waals surface area contributed by atoms with Gasteiger partial charge in [-0.15, -0.1) is 11.3 Å². The zero-order valence-corrected chi connectivity index (χ0v) is 16.0. The smallest absolute Gasteiger partial charge is 0.359 e. The second kappa shape index (κ2) is 6.68. The number of methoxy groups -OCH3 is 2. The molecule has 1 aliphatic rings. The van der Waals surface area contributed by atoms with E-state index in [0.29, 0.717) is 27.5 Å². The topological polar surface area (TPSA) is 70.4 Å². The third-order valence-electron chi connectivity index (χ3n) is 4.00. The predicted molar refractivity (Wildman–Crippen MR) is 92.7 cm³/mol. The molecule has 0 atom stereocenters. The van der Waals surface area contributed by atoms with Gasteiger partial charge in [0.2, 0.25) is 0 Å². The van der Waals surface area contributed by atoms with Crippen LogP contribution >= 0.6 is 27.3 Å². The summed E-state index contributed by atoms with van der Waals surface area (Å²) in [5.41, 5.74) is 2.30. The molecule has 1 saturated carbocycles. The van der Waals surface area contributed by atoms with Gasteiger partial charge in [0.15, 0.2) is 5.69 Å². The van der Waals surface area contributed by atoms with Crippen molar-refractivity contribution in [1.29, 1.82) is 0 Å². The number of ether oxygens (including phenoxy) is 2. The van der Waals surface area contributed by atoms with Gasteiger partial charge >= 0.3 is 11.9 Å². The third-order valence-corrected chi connectivity index (χ3v) is 5.86. The summed E-state index contributed by atoms with van der Waals surface area (Å²) in [4.78, 5) is 25.2. The molecule has 0 aliphatic heterocycles. The molecule has 0 amide bonds. The van der Waals surface area contributed by atoms with Crippen molar-refractivity contribution in [1.82, 2.24) is 9.78 Å². The number of hydrogen-bond donors (Lipinski definition) is 0. The first-order chi connectivity index (χ1) is 11.5. The molecule has 2 heterocycles. The van der Waals surface area contributed by atoms with E-state index in [2.05, 4.69) is 21.0 Å². The highest BCUT2D eigenvalue weighted by Gasteiger charge is 2.33. The SMILES string of the molecule is COC(=O)c1cc(Cn2nc(C(=O)OC)c(Br)c2C2CC2)c(C)s1. The second-order valence-corrected chi connectivity index (χ2v) is 7.70. The number of carbonyl (C=O) groups excluding carboxylic acids is 2. The number of thiophene rings is 1. The van der Waals surface area contributed by atoms with Crippen molar-refractivity contribution in [3.63, 3.8) is 0 Å². The Balaban J connectivity index is 1.97. The van der Waals surface area contributed by atoms with Gasteiger partial charge in [-0.25, -0.2) is 9.59 Å². The highest BCUT2D eigenvalue weighted by molar-refractivity contribution is 9.10. The zero-order valence-electron chi connectivity index (χ0n) is 13.6. The highest BCUT2D eigenvalue weighted by atomic mass is 79.9. The van der Waals surface area contributed by atoms with Crippen molar-refractivity contribution in [2.24, 2.45) is 0 Å². The lowest BCUT2D eigenvalue weighted by atomic mass is 10.2. The number of nitrogens with zero attached hydrogens (tertiary/aromatic N) is 2. The van der Waals surface area contributed by atoms with Crippen LogP contribution < -0.4 is 0 Å². The molecular weight excluding hydrogens is 396 g/mol. The molecule has 0 aromatic carbocycles. The molecule has 0 unspecified atom stereocenters. The predicted octanol–water partition coefficient (Wildman–Crippen LogP) is 3.51. The fourth-order valence-corrected chi connectivity index (χ4v) is 4.31. The number of hydrogen-bond acceptors (Lipinski definition) is 6. The van der Waals surface area contributed by atoms with Gasteiger partial charge < -0.3 is 9.47 Å². The largest absolute Gasteiger partial charge is 0.465 e. The second-order valence-electron chi connectivity index (χ2n) is 5.65. The first kappa shape index (κ1) is 17.2. The molecule has 128 valence electrons. The van der Waals surface area contributed by atoms with E-state index in [1.54, 1.807) is 0 Å². The van der Waals surface area contributed by atoms with E-state index in [1.807, 2.05) is 17.7 Å². The van der Waals surface area contributed by atoms with Crippen LogP contribution in [0.25, 0.3) is 0 Å². The summed E-state index contributed by atoms with van der Waals surface area (Å²) < 4.78 is 12.1. The highest BCUT2D eigenvalue weighted by Crippen LogP contribution is 2.44. The van der Waals surface area contributed by atoms with Crippen molar-refractivity contribution in [2.45, 2.75) is 32.2 Å². The molecule has 0 spiro atoms. The van der Waals surface area contributed by atoms with Gasteiger partial charge in [-0.05, 0) is 47.3 Å². The van der Waals surface area contributed by atoms with Gasteiger partial charge in [-0.1, -0.05) is 0 Å². The van der Waals surface area contributed by atoms with Crippen LogP contribution in [0.4, 0.5) is 0 Å². The summed E-state index contributed by atoms with van der Waals surface area (Å²) in [7, 11) is 2.71. The van der Waals surface area contributed by atoms with Gasteiger partial charge in [0, 0.05) is 10.8 Å². The van der Waals surface area contributed by atoms with Crippen LogP contribution in [0.3, 0.4) is 0 Å². The first-order valence-corrected chi connectivity index (χ1v) is 9.09. The summed E-state index contributed by atoms with van der Waals surface area (Å²) >= 11 is 4.90. The number of rotatable bonds is 5. The number of aryl methyl sites for hydroxylation is 1. The number of carbonyl (C=O) groups is 2. The Hall–Kier alpha value is -1.67. The lowest BCUT2D eigenvalue weighted by Crippen LogP contribution is -2.08. The van der Waals surface area contributed by atoms with Crippen molar-refractivity contribution in [3.8, 4) is 0 Å². The standard InChI is InChI=1S/C16H17BrN2O4S/c1-8-10(6-11(24-8)15(20)22-2)7-19-14(9-4-5-9)12(17)13(18-19)16(21)23-3/h6,9H,4-5,7H2,1-3H3. The molecule has 8 heteroatoms. The molecule has 0 saturated heterocycles. The molecule has 2 aromatic rings. The molecule has 2 aromatic heterocycles. The molecule has 24 heavy (non-hydrogen) atoms. The molecule has 6 nitrogen and oxygen atoms in total. The van der Waals surface area contributed by atoms with Crippen LogP contribution in [0, 0.1) is 6.92 Å². The maximum absolute atomic E-state index is 11.9. The Morgan fingerprint density at radius 1 is 1.33 bits per heavy atom. The Kier molecular flexibility index (Phi) is 4.78. The average molecular weight is 413 g/mol. The first-order valence-electron chi connectivity index (χ1n) is 7.48. The van der Waals surface area contributed by atoms with E-state index in [-0.39, 0.29) is 5.97 Å². The van der Waals surface area contributed by atoms with Gasteiger partial charge in [0.05, 0.1) is 30.9 Å². The number of halogens is 1. The monoisotopic (exact) mass is 412 g/mol. The van der Waals surface area contributed by atoms with Gasteiger partial charge in [0.1, 0.15) is 4.88 Å². The molecular formula is C16H17BrN2O4S.